The van der Waals surface area contributed by atoms with Gasteiger partial charge in [0.2, 0.25) is 0 Å². The normalized spacial score (nSPS) is 24.5. The maximum atomic E-state index is 9.10. The molecular weight excluding hydrogens is 226 g/mol. The second-order valence-corrected chi connectivity index (χ2v) is 4.92. The van der Waals surface area contributed by atoms with Crippen LogP contribution in [0.4, 0.5) is 11.5 Å². The van der Waals surface area contributed by atoms with Crippen molar-refractivity contribution in [2.45, 2.75) is 45.2 Å². The lowest BCUT2D eigenvalue weighted by Crippen LogP contribution is -2.47. The molecule has 1 fully saturated rings. The first-order valence-electron chi connectivity index (χ1n) is 6.32. The minimum Gasteiger partial charge on any atom is -0.397 e. The quantitative estimate of drug-likeness (QED) is 0.834. The van der Waals surface area contributed by atoms with E-state index in [4.69, 9.17) is 11.0 Å². The van der Waals surface area contributed by atoms with Crippen molar-refractivity contribution in [3.63, 3.8) is 0 Å². The number of piperidine rings is 1. The van der Waals surface area contributed by atoms with E-state index in [-0.39, 0.29) is 0 Å². The summed E-state index contributed by atoms with van der Waals surface area (Å²) in [6.45, 7) is 4.37. The Morgan fingerprint density at radius 1 is 1.44 bits per heavy atom. The molecular formula is C13H19N5. The maximum absolute atomic E-state index is 9.10. The minimum absolute atomic E-state index is 0.444. The first-order valence-corrected chi connectivity index (χ1v) is 6.32. The smallest absolute Gasteiger partial charge is 0.158 e. The summed E-state index contributed by atoms with van der Waals surface area (Å²) < 4.78 is 0. The van der Waals surface area contributed by atoms with E-state index in [0.717, 1.165) is 12.8 Å². The summed E-state index contributed by atoms with van der Waals surface area (Å²) >= 11 is 0. The zero-order valence-electron chi connectivity index (χ0n) is 10.8. The summed E-state index contributed by atoms with van der Waals surface area (Å²) in [6.07, 6.45) is 5.14. The van der Waals surface area contributed by atoms with Gasteiger partial charge in [0.1, 0.15) is 6.07 Å². The van der Waals surface area contributed by atoms with Gasteiger partial charge in [0.15, 0.2) is 5.82 Å². The molecule has 18 heavy (non-hydrogen) atoms. The molecule has 1 aliphatic rings. The molecule has 0 aliphatic carbocycles. The molecule has 0 saturated carbocycles. The largest absolute Gasteiger partial charge is 0.397 e. The molecule has 1 aromatic heterocycles. The van der Waals surface area contributed by atoms with Crippen LogP contribution >= 0.6 is 0 Å². The zero-order valence-corrected chi connectivity index (χ0v) is 10.8. The Balaban J connectivity index is 2.20. The number of hydrogen-bond donors (Lipinski definition) is 2. The summed E-state index contributed by atoms with van der Waals surface area (Å²) in [5.74, 6) is 0.590. The molecule has 2 unspecified atom stereocenters. The fraction of sp³-hybridized carbons (Fsp3) is 0.538. The van der Waals surface area contributed by atoms with Gasteiger partial charge in [-0.15, -0.1) is 0 Å². The second kappa shape index (κ2) is 5.23. The van der Waals surface area contributed by atoms with E-state index in [0.29, 0.717) is 29.2 Å². The van der Waals surface area contributed by atoms with E-state index in [9.17, 15) is 0 Å². The van der Waals surface area contributed by atoms with Gasteiger partial charge in [-0.25, -0.2) is 9.99 Å². The van der Waals surface area contributed by atoms with E-state index in [2.05, 4.69) is 35.3 Å². The van der Waals surface area contributed by atoms with Gasteiger partial charge < -0.3 is 11.2 Å². The Labute approximate surface area is 108 Å². The van der Waals surface area contributed by atoms with E-state index in [1.54, 1.807) is 12.3 Å². The van der Waals surface area contributed by atoms with Gasteiger partial charge in [-0.3, -0.25) is 0 Å². The number of nitrogen functional groups attached to an aromatic ring is 1. The summed E-state index contributed by atoms with van der Waals surface area (Å²) in [7, 11) is 0. The monoisotopic (exact) mass is 245 g/mol. The molecule has 0 aromatic carbocycles. The third-order valence-electron chi connectivity index (χ3n) is 3.46. The van der Waals surface area contributed by atoms with Crippen molar-refractivity contribution in [2.75, 3.05) is 11.2 Å². The van der Waals surface area contributed by atoms with Gasteiger partial charge >= 0.3 is 0 Å². The zero-order chi connectivity index (χ0) is 13.1. The SMILES string of the molecule is CC1CCCC(C)N1Nc1ncc(N)cc1C#N. The van der Waals surface area contributed by atoms with Crippen molar-refractivity contribution in [2.24, 2.45) is 0 Å². The minimum atomic E-state index is 0.444. The van der Waals surface area contributed by atoms with Crippen molar-refractivity contribution >= 4 is 11.5 Å². The molecule has 5 nitrogen and oxygen atoms in total. The number of nitrogens with two attached hydrogens (primary N) is 1. The molecule has 1 aliphatic heterocycles. The fourth-order valence-electron chi connectivity index (χ4n) is 2.42. The number of pyridine rings is 1. The summed E-state index contributed by atoms with van der Waals surface area (Å²) in [5.41, 5.74) is 9.90. The number of nitrogens with one attached hydrogen (secondary N) is 1. The highest BCUT2D eigenvalue weighted by Crippen LogP contribution is 2.24. The topological polar surface area (TPSA) is 78.0 Å². The number of hydrogen-bond acceptors (Lipinski definition) is 5. The van der Waals surface area contributed by atoms with Crippen LogP contribution in [0.3, 0.4) is 0 Å². The summed E-state index contributed by atoms with van der Waals surface area (Å²) in [4.78, 5) is 4.21. The van der Waals surface area contributed by atoms with Gasteiger partial charge in [-0.1, -0.05) is 6.42 Å². The molecule has 0 bridgehead atoms. The van der Waals surface area contributed by atoms with Crippen molar-refractivity contribution in [1.82, 2.24) is 9.99 Å². The van der Waals surface area contributed by atoms with Crippen LogP contribution < -0.4 is 11.2 Å². The van der Waals surface area contributed by atoms with Crippen LogP contribution in [0, 0.1) is 11.3 Å². The molecule has 2 heterocycles. The molecule has 2 rings (SSSR count). The Hall–Kier alpha value is -1.80. The lowest BCUT2D eigenvalue weighted by molar-refractivity contribution is 0.135. The number of hydrazine groups is 1. The van der Waals surface area contributed by atoms with Gasteiger partial charge in [-0.2, -0.15) is 5.26 Å². The average Bonchev–Trinajstić information content (AvgIpc) is 2.35. The Morgan fingerprint density at radius 2 is 2.11 bits per heavy atom. The predicted octanol–water partition coefficient (Wildman–Crippen LogP) is 2.13. The molecule has 2 atom stereocenters. The highest BCUT2D eigenvalue weighted by molar-refractivity contribution is 5.56. The van der Waals surface area contributed by atoms with Gasteiger partial charge in [-0.05, 0) is 32.8 Å². The van der Waals surface area contributed by atoms with Crippen LogP contribution in [-0.2, 0) is 0 Å². The van der Waals surface area contributed by atoms with Crippen LogP contribution in [0.15, 0.2) is 12.3 Å². The van der Waals surface area contributed by atoms with Crippen LogP contribution in [0.25, 0.3) is 0 Å². The maximum Gasteiger partial charge on any atom is 0.158 e. The highest BCUT2D eigenvalue weighted by atomic mass is 15.5. The van der Waals surface area contributed by atoms with Crippen LogP contribution in [-0.4, -0.2) is 22.1 Å². The number of nitriles is 1. The van der Waals surface area contributed by atoms with Crippen LogP contribution in [0.5, 0.6) is 0 Å². The van der Waals surface area contributed by atoms with E-state index in [1.165, 1.54) is 6.42 Å². The van der Waals surface area contributed by atoms with E-state index >= 15 is 0 Å². The van der Waals surface area contributed by atoms with Crippen molar-refractivity contribution in [1.29, 1.82) is 5.26 Å². The van der Waals surface area contributed by atoms with Gasteiger partial charge in [0.25, 0.3) is 0 Å². The van der Waals surface area contributed by atoms with Gasteiger partial charge in [0.05, 0.1) is 17.4 Å². The number of anilines is 2. The molecule has 3 N–H and O–H groups in total. The Morgan fingerprint density at radius 3 is 2.72 bits per heavy atom. The third kappa shape index (κ3) is 2.54. The van der Waals surface area contributed by atoms with Crippen molar-refractivity contribution in [3.05, 3.63) is 17.8 Å². The first kappa shape index (κ1) is 12.7. The van der Waals surface area contributed by atoms with Crippen LogP contribution in [0.1, 0.15) is 38.7 Å². The highest BCUT2D eigenvalue weighted by Gasteiger charge is 2.25. The molecule has 0 amide bonds. The molecule has 1 aromatic rings. The molecule has 5 heteroatoms. The molecule has 1 saturated heterocycles. The summed E-state index contributed by atoms with van der Waals surface area (Å²) in [6, 6.07) is 4.66. The Bertz CT molecular complexity index is 455. The second-order valence-electron chi connectivity index (χ2n) is 4.92. The molecule has 0 radical (unpaired) electrons. The number of nitrogens with zero attached hydrogens (tertiary/aromatic N) is 3. The van der Waals surface area contributed by atoms with Crippen molar-refractivity contribution in [3.8, 4) is 6.07 Å². The number of rotatable bonds is 2. The lowest BCUT2D eigenvalue weighted by Gasteiger charge is -2.39. The predicted molar refractivity (Wildman–Crippen MR) is 71.6 cm³/mol. The van der Waals surface area contributed by atoms with Crippen LogP contribution in [0.2, 0.25) is 0 Å². The molecule has 0 spiro atoms. The van der Waals surface area contributed by atoms with E-state index in [1.807, 2.05) is 0 Å². The average molecular weight is 245 g/mol. The first-order chi connectivity index (χ1) is 8.61. The molecule has 96 valence electrons. The van der Waals surface area contributed by atoms with E-state index < -0.39 is 0 Å². The number of aromatic nitrogens is 1. The fourth-order valence-corrected chi connectivity index (χ4v) is 2.42. The Kier molecular flexibility index (Phi) is 3.68. The standard InChI is InChI=1S/C13H19N5/c1-9-4-3-5-10(2)18(9)17-13-11(7-14)6-12(15)8-16-13/h6,8-10H,3-5,15H2,1-2H3,(H,16,17). The third-order valence-corrected chi connectivity index (χ3v) is 3.46. The van der Waals surface area contributed by atoms with Crippen molar-refractivity contribution < 1.29 is 0 Å². The summed E-state index contributed by atoms with van der Waals surface area (Å²) in [5, 5.41) is 11.3. The lowest BCUT2D eigenvalue weighted by atomic mass is 10.00. The van der Waals surface area contributed by atoms with Gasteiger partial charge in [0, 0.05) is 12.1 Å².